The average molecular weight is 1410 g/mol. The highest BCUT2D eigenvalue weighted by atomic mass is 31.2. The molecule has 0 aromatic heterocycles. The monoisotopic (exact) mass is 1410 g/mol. The maximum Gasteiger partial charge on any atom is 0.469 e. The Morgan fingerprint density at radius 3 is 1.35 bits per heavy atom. The molecule has 11 atom stereocenters. The first-order chi connectivity index (χ1) is 46.2. The molecular formula is C56H100N25O16P. The van der Waals surface area contributed by atoms with Gasteiger partial charge in [0, 0.05) is 45.7 Å². The Hall–Kier alpha value is -9.70. The van der Waals surface area contributed by atoms with Gasteiger partial charge in [-0.25, -0.2) is 9.36 Å². The maximum atomic E-state index is 14.5. The number of nitrogens with two attached hydrogens (primary N) is 11. The molecule has 1 heterocycles. The number of aliphatic carboxylic acids is 1. The van der Waals surface area contributed by atoms with Gasteiger partial charge in [0.25, 0.3) is 0 Å². The quantitative estimate of drug-likeness (QED) is 0.0125. The molecule has 1 fully saturated rings. The van der Waals surface area contributed by atoms with Gasteiger partial charge in [0.15, 0.2) is 29.8 Å². The maximum absolute atomic E-state index is 14.5. The van der Waals surface area contributed by atoms with Crippen LogP contribution in [-0.2, 0) is 63.5 Å². The van der Waals surface area contributed by atoms with Crippen molar-refractivity contribution in [1.29, 1.82) is 0 Å². The summed E-state index contributed by atoms with van der Waals surface area (Å²) in [5.41, 5.74) is 61.0. The summed E-state index contributed by atoms with van der Waals surface area (Å²) in [6.45, 7) is 0.976. The number of carboxylic acid groups (broad SMARTS) is 1. The van der Waals surface area contributed by atoms with Gasteiger partial charge < -0.3 is 131 Å². The van der Waals surface area contributed by atoms with E-state index in [0.717, 1.165) is 4.90 Å². The minimum atomic E-state index is -5.44. The van der Waals surface area contributed by atoms with Crippen LogP contribution in [0.4, 0.5) is 0 Å². The minimum absolute atomic E-state index is 0.00860. The standard InChI is InChI=1S/C56H100N25O16P/c1-3-30(2)41(49(90)75-35(18-10-24-71-55(64)65)43(84)76-36(51(92)93)19-11-25-72-56(66)67)80-48(89)40-20-12-26-81(40)50(91)38(28-82)78-45(86)34(17-9-23-70-54(62)63)74-47(88)39(29-97-98(94,95)96)79-46(87)37(27-31-13-5-4-6-14-31)77-44(85)33(16-8-22-69-53(60)61)73-42(83)32(57)15-7-21-68-52(58)59/h4-6,13-14,30,32-41,82H,3,7-12,15-29,57H2,1-2H3,(H,73,83)(H,74,88)(H,75,90)(H,76,84)(H,77,85)(H,78,86)(H,79,87)(H,80,89)(H,92,93)(H4,58,59,68)(H4,60,61,69)(H4,62,63,70)(H4,64,65,71)(H4,66,67,72)(H2,94,95,96)/t30-,32-,33-,34-,35-,36-,37-,38-,39-,40-,41-/m0/s1. The third-order valence-electron chi connectivity index (χ3n) is 15.0. The number of carbonyl (C=O) groups is 10. The van der Waals surface area contributed by atoms with Crippen LogP contribution in [0, 0.1) is 5.92 Å². The van der Waals surface area contributed by atoms with Crippen LogP contribution in [0.15, 0.2) is 55.3 Å². The van der Waals surface area contributed by atoms with Crippen molar-refractivity contribution in [2.75, 3.05) is 52.5 Å². The second-order valence-electron chi connectivity index (χ2n) is 22.8. The number of hydrogen-bond donors (Lipinski definition) is 23. The molecule has 1 aliphatic rings. The zero-order valence-electron chi connectivity index (χ0n) is 55.0. The number of benzene rings is 1. The summed E-state index contributed by atoms with van der Waals surface area (Å²) in [6, 6.07) is -7.24. The topological polar surface area (TPSA) is 725 Å². The van der Waals surface area contributed by atoms with Gasteiger partial charge in [0.1, 0.15) is 54.4 Å². The Labute approximate surface area is 566 Å². The van der Waals surface area contributed by atoms with E-state index in [1.165, 1.54) is 0 Å². The molecule has 2 rings (SSSR count). The molecule has 0 aliphatic carbocycles. The molecule has 41 nitrogen and oxygen atoms in total. The summed E-state index contributed by atoms with van der Waals surface area (Å²) in [7, 11) is -5.44. The summed E-state index contributed by atoms with van der Waals surface area (Å²) >= 11 is 0. The summed E-state index contributed by atoms with van der Waals surface area (Å²) in [5, 5.41) is 40.5. The van der Waals surface area contributed by atoms with Crippen molar-refractivity contribution in [3.63, 3.8) is 0 Å². The van der Waals surface area contributed by atoms with Crippen molar-refractivity contribution in [2.24, 2.45) is 94.0 Å². The minimum Gasteiger partial charge on any atom is -0.480 e. The lowest BCUT2D eigenvalue weighted by atomic mass is 9.96. The van der Waals surface area contributed by atoms with Crippen LogP contribution in [0.5, 0.6) is 0 Å². The average Bonchev–Trinajstić information content (AvgIpc) is 1.54. The van der Waals surface area contributed by atoms with Gasteiger partial charge in [0.05, 0.1) is 19.3 Å². The van der Waals surface area contributed by atoms with E-state index in [9.17, 15) is 72.5 Å². The molecule has 1 saturated heterocycles. The molecule has 0 spiro atoms. The first-order valence-electron chi connectivity index (χ1n) is 31.5. The number of rotatable bonds is 46. The number of aliphatic hydroxyl groups excluding tert-OH is 1. The van der Waals surface area contributed by atoms with Crippen molar-refractivity contribution in [3.05, 3.63) is 35.9 Å². The zero-order chi connectivity index (χ0) is 73.7. The fraction of sp³-hybridized carbons (Fsp3) is 0.625. The lowest BCUT2D eigenvalue weighted by Gasteiger charge is -2.31. The second kappa shape index (κ2) is 44.2. The number of aliphatic hydroxyl groups is 1. The van der Waals surface area contributed by atoms with E-state index >= 15 is 0 Å². The highest BCUT2D eigenvalue weighted by molar-refractivity contribution is 7.46. The Kier molecular flexibility index (Phi) is 38.1. The number of likely N-dealkylation sites (tertiary alicyclic amines) is 1. The summed E-state index contributed by atoms with van der Waals surface area (Å²) < 4.78 is 16.8. The van der Waals surface area contributed by atoms with E-state index in [1.54, 1.807) is 44.2 Å². The molecule has 0 unspecified atom stereocenters. The van der Waals surface area contributed by atoms with Crippen LogP contribution < -0.4 is 106 Å². The Morgan fingerprint density at radius 2 is 0.918 bits per heavy atom. The fourth-order valence-corrected chi connectivity index (χ4v) is 10.0. The molecule has 34 N–H and O–H groups in total. The number of phosphoric acid groups is 1. The van der Waals surface area contributed by atoms with Crippen molar-refractivity contribution in [1.82, 2.24) is 47.4 Å². The summed E-state index contributed by atoms with van der Waals surface area (Å²) in [6.07, 6.45) is 0.256. The highest BCUT2D eigenvalue weighted by Gasteiger charge is 2.41. The van der Waals surface area contributed by atoms with E-state index in [1.807, 2.05) is 0 Å². The second-order valence-corrected chi connectivity index (χ2v) is 24.1. The van der Waals surface area contributed by atoms with Gasteiger partial charge in [-0.2, -0.15) is 0 Å². The van der Waals surface area contributed by atoms with Gasteiger partial charge in [-0.15, -0.1) is 0 Å². The molecule has 0 radical (unpaired) electrons. The smallest absolute Gasteiger partial charge is 0.469 e. The molecule has 550 valence electrons. The normalized spacial score (nSPS) is 15.7. The van der Waals surface area contributed by atoms with Crippen LogP contribution in [0.2, 0.25) is 0 Å². The Morgan fingerprint density at radius 1 is 0.541 bits per heavy atom. The van der Waals surface area contributed by atoms with Gasteiger partial charge in [0.2, 0.25) is 53.2 Å². The summed E-state index contributed by atoms with van der Waals surface area (Å²) in [5.74, 6) is -12.2. The largest absolute Gasteiger partial charge is 0.480 e. The Balaban J connectivity index is 2.53. The number of hydrogen-bond acceptors (Lipinski definition) is 19. The van der Waals surface area contributed by atoms with E-state index < -0.39 is 147 Å². The third kappa shape index (κ3) is 33.3. The van der Waals surface area contributed by atoms with Crippen molar-refractivity contribution < 1.29 is 77.0 Å². The third-order valence-corrected chi connectivity index (χ3v) is 15.5. The summed E-state index contributed by atoms with van der Waals surface area (Å²) in [4.78, 5) is 180. The molecule has 1 aliphatic heterocycles. The van der Waals surface area contributed by atoms with Gasteiger partial charge >= 0.3 is 13.8 Å². The first-order valence-corrected chi connectivity index (χ1v) is 33.0. The first kappa shape index (κ1) is 84.4. The number of aliphatic imine (C=N–C) groups is 5. The number of nitrogens with one attached hydrogen (secondary N) is 8. The van der Waals surface area contributed by atoms with Crippen LogP contribution in [0.3, 0.4) is 0 Å². The van der Waals surface area contributed by atoms with E-state index in [0.29, 0.717) is 5.56 Å². The molecule has 9 amide bonds. The van der Waals surface area contributed by atoms with E-state index in [-0.39, 0.29) is 159 Å². The molecule has 0 saturated carbocycles. The lowest BCUT2D eigenvalue weighted by molar-refractivity contribution is -0.144. The lowest BCUT2D eigenvalue weighted by Crippen LogP contribution is -2.61. The fourth-order valence-electron chi connectivity index (χ4n) is 9.68. The molecule has 98 heavy (non-hydrogen) atoms. The number of carbonyl (C=O) groups excluding carboxylic acids is 9. The molecule has 42 heteroatoms. The molecule has 1 aromatic rings. The van der Waals surface area contributed by atoms with Gasteiger partial charge in [-0.1, -0.05) is 50.6 Å². The van der Waals surface area contributed by atoms with Gasteiger partial charge in [-0.05, 0) is 88.5 Å². The SMILES string of the molecule is CC[C@H](C)[C@H](NC(=O)[C@@H]1CCCN1C(=O)[C@H](CO)NC(=O)[C@H](CCCN=C(N)N)NC(=O)[C@H](COP(=O)(O)O)NC(=O)[C@H](Cc1ccccc1)NC(=O)[C@H](CCCN=C(N)N)NC(=O)[C@@H](N)CCCN=C(N)N)C(=O)N[C@@H](CCCN=C(N)N)C(=O)N[C@@H](CCCN=C(N)N)C(=O)O. The Bertz CT molecular complexity index is 2990. The van der Waals surface area contributed by atoms with Gasteiger partial charge in [-0.3, -0.25) is 72.6 Å². The number of amides is 9. The molecule has 0 bridgehead atoms. The predicted molar refractivity (Wildman–Crippen MR) is 360 cm³/mol. The van der Waals surface area contributed by atoms with E-state index in [4.69, 9.17) is 63.1 Å². The van der Waals surface area contributed by atoms with E-state index in [2.05, 4.69) is 72.0 Å². The molecular weight excluding hydrogens is 1310 g/mol. The van der Waals surface area contributed by atoms with Crippen molar-refractivity contribution >= 4 is 96.8 Å². The predicted octanol–water partition coefficient (Wildman–Crippen LogP) is -9.07. The van der Waals surface area contributed by atoms with Crippen molar-refractivity contribution in [3.8, 4) is 0 Å². The van der Waals surface area contributed by atoms with Crippen LogP contribution in [0.25, 0.3) is 0 Å². The van der Waals surface area contributed by atoms with Crippen molar-refractivity contribution in [2.45, 2.75) is 164 Å². The van der Waals surface area contributed by atoms with Crippen LogP contribution in [0.1, 0.15) is 103 Å². The zero-order valence-corrected chi connectivity index (χ0v) is 55.9. The molecule has 1 aromatic carbocycles. The van der Waals surface area contributed by atoms with Crippen LogP contribution in [-0.4, -0.2) is 227 Å². The number of carboxylic acids is 1. The number of guanidine groups is 5. The number of nitrogens with zero attached hydrogens (tertiary/aromatic N) is 6. The highest BCUT2D eigenvalue weighted by Crippen LogP contribution is 2.35. The number of phosphoric ester groups is 1. The van der Waals surface area contributed by atoms with Crippen LogP contribution >= 0.6 is 7.82 Å².